The maximum absolute atomic E-state index is 12.8. The van der Waals surface area contributed by atoms with Crippen LogP contribution in [0.5, 0.6) is 0 Å². The van der Waals surface area contributed by atoms with Gasteiger partial charge in [-0.25, -0.2) is 13.9 Å². The van der Waals surface area contributed by atoms with Gasteiger partial charge in [0.1, 0.15) is 11.3 Å². The van der Waals surface area contributed by atoms with Crippen molar-refractivity contribution in [2.24, 2.45) is 5.73 Å². The Balaban J connectivity index is 0.00000272. The normalized spacial score (nSPS) is 13.8. The highest BCUT2D eigenvalue weighted by Gasteiger charge is 2.28. The number of para-hydroxylation sites is 1. The zero-order chi connectivity index (χ0) is 21.3. The van der Waals surface area contributed by atoms with Gasteiger partial charge in [0.15, 0.2) is 0 Å². The van der Waals surface area contributed by atoms with Crippen LogP contribution in [0.4, 0.5) is 15.1 Å². The van der Waals surface area contributed by atoms with E-state index in [4.69, 9.17) is 5.73 Å². The van der Waals surface area contributed by atoms with Gasteiger partial charge in [-0.1, -0.05) is 18.2 Å². The number of benzene rings is 1. The molecule has 7 nitrogen and oxygen atoms in total. The number of nitrogens with two attached hydrogens (primary N) is 1. The van der Waals surface area contributed by atoms with E-state index in [0.29, 0.717) is 24.9 Å². The summed E-state index contributed by atoms with van der Waals surface area (Å²) in [6, 6.07) is 9.91. The van der Waals surface area contributed by atoms with Gasteiger partial charge in [0.25, 0.3) is 0 Å². The second-order valence-electron chi connectivity index (χ2n) is 7.22. The summed E-state index contributed by atoms with van der Waals surface area (Å²) in [4.78, 5) is 27.9. The van der Waals surface area contributed by atoms with Gasteiger partial charge in [0, 0.05) is 17.8 Å². The zero-order valence-corrected chi connectivity index (χ0v) is 18.6. The molecule has 0 bridgehead atoms. The number of hydrogen-bond donors (Lipinski definition) is 1. The average molecular weight is 464 g/mol. The predicted molar refractivity (Wildman–Crippen MR) is 122 cm³/mol. The third-order valence-corrected chi connectivity index (χ3v) is 6.22. The van der Waals surface area contributed by atoms with Gasteiger partial charge in [-0.05, 0) is 42.2 Å². The highest BCUT2D eigenvalue weighted by Crippen LogP contribution is 2.39. The molecular weight excluding hydrogens is 441 g/mol. The van der Waals surface area contributed by atoms with E-state index in [-0.39, 0.29) is 37.1 Å². The number of amides is 1. The summed E-state index contributed by atoms with van der Waals surface area (Å²) in [5.74, 6) is 0.0718. The van der Waals surface area contributed by atoms with E-state index >= 15 is 0 Å². The third kappa shape index (κ3) is 4.48. The molecule has 1 aromatic carbocycles. The molecule has 0 fully saturated rings. The van der Waals surface area contributed by atoms with E-state index in [2.05, 4.69) is 11.2 Å². The SMILES string of the molecule is Cc1cccc2c1N(c1ccc(Cn3cnn(C/C(=C/F)CN)c3=O)s1)C(=O)CC2.Cl. The lowest BCUT2D eigenvalue weighted by Crippen LogP contribution is -2.30. The van der Waals surface area contributed by atoms with Crippen LogP contribution in [-0.4, -0.2) is 26.8 Å². The number of thiophene rings is 1. The minimum atomic E-state index is -0.340. The van der Waals surface area contributed by atoms with Crippen LogP contribution in [0.3, 0.4) is 0 Å². The molecule has 0 radical (unpaired) electrons. The molecule has 164 valence electrons. The van der Waals surface area contributed by atoms with Crippen LogP contribution in [0.15, 0.2) is 53.4 Å². The van der Waals surface area contributed by atoms with Crippen LogP contribution in [0.2, 0.25) is 0 Å². The number of aryl methyl sites for hydroxylation is 2. The van der Waals surface area contributed by atoms with Crippen molar-refractivity contribution in [1.29, 1.82) is 0 Å². The van der Waals surface area contributed by atoms with Gasteiger partial charge in [0.2, 0.25) is 5.91 Å². The van der Waals surface area contributed by atoms with Crippen molar-refractivity contribution in [3.63, 3.8) is 0 Å². The molecule has 1 amide bonds. The molecule has 0 atom stereocenters. The zero-order valence-electron chi connectivity index (χ0n) is 17.0. The van der Waals surface area contributed by atoms with Crippen molar-refractivity contribution in [1.82, 2.24) is 14.3 Å². The first-order valence-electron chi connectivity index (χ1n) is 9.62. The summed E-state index contributed by atoms with van der Waals surface area (Å²) in [6.07, 6.45) is 3.06. The Labute approximate surface area is 189 Å². The highest BCUT2D eigenvalue weighted by atomic mass is 35.5. The number of carbonyl (C=O) groups excluding carboxylic acids is 1. The summed E-state index contributed by atoms with van der Waals surface area (Å²) in [7, 11) is 0. The van der Waals surface area contributed by atoms with E-state index in [1.807, 2.05) is 31.2 Å². The molecule has 0 saturated heterocycles. The fourth-order valence-electron chi connectivity index (χ4n) is 3.62. The van der Waals surface area contributed by atoms with Gasteiger partial charge in [-0.2, -0.15) is 5.10 Å². The van der Waals surface area contributed by atoms with Gasteiger partial charge < -0.3 is 5.73 Å². The molecule has 0 aliphatic carbocycles. The van der Waals surface area contributed by atoms with Crippen molar-refractivity contribution in [3.8, 4) is 0 Å². The van der Waals surface area contributed by atoms with Gasteiger partial charge in [0.05, 0.1) is 25.1 Å². The number of aromatic nitrogens is 3. The van der Waals surface area contributed by atoms with Crippen LogP contribution in [0, 0.1) is 6.92 Å². The standard InChI is InChI=1S/C21H22FN5O2S.ClH/c1-14-3-2-4-16-5-7-18(28)27(20(14)16)19-8-6-17(30-19)12-25-13-24-26(21(25)29)11-15(9-22)10-23;/h2-4,6,8-9,13H,5,7,10-12,23H2,1H3;1H/b15-9+;. The minimum Gasteiger partial charge on any atom is -0.327 e. The van der Waals surface area contributed by atoms with Crippen molar-refractivity contribution >= 4 is 40.3 Å². The fourth-order valence-corrected chi connectivity index (χ4v) is 4.65. The lowest BCUT2D eigenvalue weighted by molar-refractivity contribution is -0.118. The molecule has 10 heteroatoms. The number of fused-ring (bicyclic) bond motifs is 1. The first-order chi connectivity index (χ1) is 14.5. The number of carbonyl (C=O) groups is 1. The molecular formula is C21H23ClFN5O2S. The summed E-state index contributed by atoms with van der Waals surface area (Å²) in [5.41, 5.74) is 8.59. The second-order valence-corrected chi connectivity index (χ2v) is 8.37. The van der Waals surface area contributed by atoms with Gasteiger partial charge in [-0.15, -0.1) is 23.7 Å². The number of rotatable bonds is 6. The third-order valence-electron chi connectivity index (χ3n) is 5.16. The van der Waals surface area contributed by atoms with Crippen molar-refractivity contribution in [2.75, 3.05) is 11.4 Å². The van der Waals surface area contributed by atoms with Gasteiger partial charge >= 0.3 is 5.69 Å². The maximum atomic E-state index is 12.8. The summed E-state index contributed by atoms with van der Waals surface area (Å²) in [5, 5.41) is 4.87. The topological polar surface area (TPSA) is 86.2 Å². The largest absolute Gasteiger partial charge is 0.346 e. The van der Waals surface area contributed by atoms with Crippen LogP contribution in [0.25, 0.3) is 0 Å². The van der Waals surface area contributed by atoms with E-state index in [0.717, 1.165) is 27.5 Å². The fraction of sp³-hybridized carbons (Fsp3) is 0.286. The maximum Gasteiger partial charge on any atom is 0.346 e. The molecule has 3 aromatic rings. The lowest BCUT2D eigenvalue weighted by Gasteiger charge is -2.29. The first kappa shape index (κ1) is 22.9. The predicted octanol–water partition coefficient (Wildman–Crippen LogP) is 3.31. The average Bonchev–Trinajstić information content (AvgIpc) is 3.34. The number of hydrogen-bond acceptors (Lipinski definition) is 5. The summed E-state index contributed by atoms with van der Waals surface area (Å²) in [6.45, 7) is 2.37. The van der Waals surface area contributed by atoms with Crippen molar-refractivity contribution < 1.29 is 9.18 Å². The molecule has 31 heavy (non-hydrogen) atoms. The Bertz CT molecular complexity index is 1180. The molecule has 0 spiro atoms. The molecule has 1 aliphatic heterocycles. The van der Waals surface area contributed by atoms with E-state index in [1.165, 1.54) is 32.5 Å². The number of halogens is 2. The van der Waals surface area contributed by atoms with Crippen LogP contribution < -0.4 is 16.3 Å². The van der Waals surface area contributed by atoms with Crippen LogP contribution in [-0.2, 0) is 24.3 Å². The molecule has 0 saturated carbocycles. The quantitative estimate of drug-likeness (QED) is 0.607. The van der Waals surface area contributed by atoms with Crippen molar-refractivity contribution in [2.45, 2.75) is 32.9 Å². The Morgan fingerprint density at radius 2 is 2.06 bits per heavy atom. The van der Waals surface area contributed by atoms with E-state index in [1.54, 1.807) is 4.90 Å². The van der Waals surface area contributed by atoms with Crippen LogP contribution in [0.1, 0.15) is 22.4 Å². The minimum absolute atomic E-state index is 0. The highest BCUT2D eigenvalue weighted by molar-refractivity contribution is 7.16. The Hall–Kier alpha value is -2.75. The molecule has 3 heterocycles. The van der Waals surface area contributed by atoms with E-state index in [9.17, 15) is 14.0 Å². The molecule has 0 unspecified atom stereocenters. The summed E-state index contributed by atoms with van der Waals surface area (Å²) < 4.78 is 15.4. The molecule has 1 aliphatic rings. The molecule has 2 N–H and O–H groups in total. The first-order valence-corrected chi connectivity index (χ1v) is 10.4. The van der Waals surface area contributed by atoms with Crippen molar-refractivity contribution in [3.05, 3.63) is 75.1 Å². The second kappa shape index (κ2) is 9.59. The Kier molecular flexibility index (Phi) is 7.09. The monoisotopic (exact) mass is 463 g/mol. The molecule has 4 rings (SSSR count). The Morgan fingerprint density at radius 3 is 2.81 bits per heavy atom. The summed E-state index contributed by atoms with van der Waals surface area (Å²) >= 11 is 1.47. The number of nitrogens with zero attached hydrogens (tertiary/aromatic N) is 4. The lowest BCUT2D eigenvalue weighted by atomic mass is 9.98. The smallest absolute Gasteiger partial charge is 0.327 e. The Morgan fingerprint density at radius 1 is 1.26 bits per heavy atom. The van der Waals surface area contributed by atoms with Crippen LogP contribution >= 0.6 is 23.7 Å². The molecule has 2 aromatic heterocycles. The van der Waals surface area contributed by atoms with E-state index < -0.39 is 0 Å². The van der Waals surface area contributed by atoms with Gasteiger partial charge in [-0.3, -0.25) is 14.3 Å². The number of anilines is 2.